The molecule has 1 aliphatic rings. The van der Waals surface area contributed by atoms with Crippen molar-refractivity contribution >= 4 is 5.91 Å². The number of nitrogens with one attached hydrogen (secondary N) is 1. The first-order valence-electron chi connectivity index (χ1n) is 9.41. The Bertz CT molecular complexity index is 798. The van der Waals surface area contributed by atoms with Crippen molar-refractivity contribution in [3.63, 3.8) is 0 Å². The largest absolute Gasteiger partial charge is 0.486 e. The Labute approximate surface area is 160 Å². The van der Waals surface area contributed by atoms with Crippen molar-refractivity contribution < 1.29 is 19.0 Å². The van der Waals surface area contributed by atoms with E-state index in [1.165, 1.54) is 0 Å². The molecule has 1 N–H and O–H groups in total. The average molecular weight is 369 g/mol. The van der Waals surface area contributed by atoms with Crippen LogP contribution in [0.25, 0.3) is 0 Å². The van der Waals surface area contributed by atoms with Crippen LogP contribution in [0.15, 0.2) is 36.4 Å². The quantitative estimate of drug-likeness (QED) is 0.833. The number of ether oxygens (including phenoxy) is 3. The van der Waals surface area contributed by atoms with Crippen LogP contribution in [0.2, 0.25) is 0 Å². The SMILES string of the molecule is CCC(Oc1cc(C)cc(C)c1)C(=O)NC(C)c1ccc2c(c1)OCCO2. The second-order valence-electron chi connectivity index (χ2n) is 6.97. The fourth-order valence-corrected chi connectivity index (χ4v) is 3.21. The smallest absolute Gasteiger partial charge is 0.261 e. The Balaban J connectivity index is 1.67. The lowest BCUT2D eigenvalue weighted by molar-refractivity contribution is -0.128. The lowest BCUT2D eigenvalue weighted by Gasteiger charge is -2.23. The lowest BCUT2D eigenvalue weighted by atomic mass is 10.1. The summed E-state index contributed by atoms with van der Waals surface area (Å²) in [5, 5.41) is 3.04. The van der Waals surface area contributed by atoms with E-state index in [4.69, 9.17) is 14.2 Å². The predicted octanol–water partition coefficient (Wildman–Crippen LogP) is 4.11. The van der Waals surface area contributed by atoms with Gasteiger partial charge in [-0.15, -0.1) is 0 Å². The summed E-state index contributed by atoms with van der Waals surface area (Å²) in [5.41, 5.74) is 3.20. The van der Waals surface area contributed by atoms with Crippen molar-refractivity contribution in [2.24, 2.45) is 0 Å². The minimum atomic E-state index is -0.536. The molecule has 1 aliphatic heterocycles. The summed E-state index contributed by atoms with van der Waals surface area (Å²) in [6, 6.07) is 11.6. The van der Waals surface area contributed by atoms with Crippen LogP contribution in [0.1, 0.15) is 43.0 Å². The number of benzene rings is 2. The molecule has 0 saturated heterocycles. The zero-order valence-electron chi connectivity index (χ0n) is 16.4. The number of amides is 1. The number of rotatable bonds is 6. The lowest BCUT2D eigenvalue weighted by Crippen LogP contribution is -2.39. The third kappa shape index (κ3) is 4.73. The van der Waals surface area contributed by atoms with Crippen LogP contribution in [-0.4, -0.2) is 25.2 Å². The molecule has 2 aromatic carbocycles. The third-order valence-electron chi connectivity index (χ3n) is 4.56. The van der Waals surface area contributed by atoms with E-state index in [1.807, 2.05) is 58.0 Å². The van der Waals surface area contributed by atoms with Gasteiger partial charge in [0.15, 0.2) is 17.6 Å². The Morgan fingerprint density at radius 3 is 2.41 bits per heavy atom. The van der Waals surface area contributed by atoms with Gasteiger partial charge < -0.3 is 19.5 Å². The molecule has 2 aromatic rings. The van der Waals surface area contributed by atoms with Gasteiger partial charge >= 0.3 is 0 Å². The minimum Gasteiger partial charge on any atom is -0.486 e. The topological polar surface area (TPSA) is 56.8 Å². The van der Waals surface area contributed by atoms with Crippen LogP contribution < -0.4 is 19.5 Å². The highest BCUT2D eigenvalue weighted by molar-refractivity contribution is 5.81. The van der Waals surface area contributed by atoms with Gasteiger partial charge in [-0.05, 0) is 68.1 Å². The molecule has 5 nitrogen and oxygen atoms in total. The van der Waals surface area contributed by atoms with Crippen LogP contribution in [0.5, 0.6) is 17.2 Å². The standard InChI is InChI=1S/C22H27NO4/c1-5-19(27-18-11-14(2)10-15(3)12-18)22(24)23-16(4)17-6-7-20-21(13-17)26-9-8-25-20/h6-7,10-13,16,19H,5,8-9H2,1-4H3,(H,23,24). The summed E-state index contributed by atoms with van der Waals surface area (Å²) < 4.78 is 17.1. The van der Waals surface area contributed by atoms with E-state index in [0.29, 0.717) is 19.6 Å². The maximum Gasteiger partial charge on any atom is 0.261 e. The molecule has 3 rings (SSSR count). The predicted molar refractivity (Wildman–Crippen MR) is 105 cm³/mol. The van der Waals surface area contributed by atoms with Gasteiger partial charge in [0.05, 0.1) is 6.04 Å². The van der Waals surface area contributed by atoms with Gasteiger partial charge in [0, 0.05) is 0 Å². The molecular weight excluding hydrogens is 342 g/mol. The Kier molecular flexibility index (Phi) is 5.89. The second-order valence-corrected chi connectivity index (χ2v) is 6.97. The summed E-state index contributed by atoms with van der Waals surface area (Å²) in [4.78, 5) is 12.7. The van der Waals surface area contributed by atoms with E-state index in [1.54, 1.807) is 0 Å². The van der Waals surface area contributed by atoms with Crippen LogP contribution >= 0.6 is 0 Å². The molecule has 0 aliphatic carbocycles. The van der Waals surface area contributed by atoms with Gasteiger partial charge in [0.2, 0.25) is 0 Å². The normalized spacial score (nSPS) is 15.0. The van der Waals surface area contributed by atoms with E-state index in [2.05, 4.69) is 11.4 Å². The molecule has 27 heavy (non-hydrogen) atoms. The summed E-state index contributed by atoms with van der Waals surface area (Å²) in [6.07, 6.45) is 0.0537. The van der Waals surface area contributed by atoms with Gasteiger partial charge in [-0.25, -0.2) is 0 Å². The fraction of sp³-hybridized carbons (Fsp3) is 0.409. The van der Waals surface area contributed by atoms with Crippen molar-refractivity contribution in [3.05, 3.63) is 53.1 Å². The fourth-order valence-electron chi connectivity index (χ4n) is 3.21. The molecular formula is C22H27NO4. The second kappa shape index (κ2) is 8.33. The Morgan fingerprint density at radius 1 is 1.07 bits per heavy atom. The third-order valence-corrected chi connectivity index (χ3v) is 4.56. The highest BCUT2D eigenvalue weighted by Crippen LogP contribution is 2.32. The number of aryl methyl sites for hydroxylation is 2. The molecule has 2 atom stereocenters. The van der Waals surface area contributed by atoms with E-state index in [-0.39, 0.29) is 11.9 Å². The first kappa shape index (κ1) is 19.1. The highest BCUT2D eigenvalue weighted by Gasteiger charge is 2.22. The number of carbonyl (C=O) groups is 1. The van der Waals surface area contributed by atoms with Gasteiger partial charge in [0.1, 0.15) is 19.0 Å². The van der Waals surface area contributed by atoms with Crippen LogP contribution in [0.3, 0.4) is 0 Å². The van der Waals surface area contributed by atoms with Crippen LogP contribution in [0.4, 0.5) is 0 Å². The number of hydrogen-bond acceptors (Lipinski definition) is 4. The van der Waals surface area contributed by atoms with Gasteiger partial charge in [0.25, 0.3) is 5.91 Å². The molecule has 0 spiro atoms. The zero-order valence-corrected chi connectivity index (χ0v) is 16.4. The average Bonchev–Trinajstić information content (AvgIpc) is 2.64. The molecule has 2 unspecified atom stereocenters. The molecule has 5 heteroatoms. The molecule has 0 radical (unpaired) electrons. The van der Waals surface area contributed by atoms with Crippen LogP contribution in [0, 0.1) is 13.8 Å². The Morgan fingerprint density at radius 2 is 1.74 bits per heavy atom. The van der Waals surface area contributed by atoms with E-state index in [9.17, 15) is 4.79 Å². The minimum absolute atomic E-state index is 0.126. The van der Waals surface area contributed by atoms with Crippen LogP contribution in [-0.2, 0) is 4.79 Å². The molecule has 144 valence electrons. The van der Waals surface area contributed by atoms with Gasteiger partial charge in [-0.3, -0.25) is 4.79 Å². The van der Waals surface area contributed by atoms with Crippen molar-refractivity contribution in [2.75, 3.05) is 13.2 Å². The molecule has 0 aromatic heterocycles. The van der Waals surface area contributed by atoms with E-state index in [0.717, 1.165) is 33.9 Å². The van der Waals surface area contributed by atoms with Gasteiger partial charge in [-0.2, -0.15) is 0 Å². The summed E-state index contributed by atoms with van der Waals surface area (Å²) in [6.45, 7) is 9.04. The molecule has 0 fully saturated rings. The maximum atomic E-state index is 12.7. The zero-order chi connectivity index (χ0) is 19.4. The van der Waals surface area contributed by atoms with Crippen molar-refractivity contribution in [3.8, 4) is 17.2 Å². The number of hydrogen-bond donors (Lipinski definition) is 1. The van der Waals surface area contributed by atoms with E-state index < -0.39 is 6.10 Å². The number of fused-ring (bicyclic) bond motifs is 1. The van der Waals surface area contributed by atoms with Crippen molar-refractivity contribution in [1.82, 2.24) is 5.32 Å². The molecule has 1 amide bonds. The first-order chi connectivity index (χ1) is 13.0. The van der Waals surface area contributed by atoms with Crippen molar-refractivity contribution in [2.45, 2.75) is 46.3 Å². The Hall–Kier alpha value is -2.69. The summed E-state index contributed by atoms with van der Waals surface area (Å²) in [5.74, 6) is 2.06. The molecule has 1 heterocycles. The maximum absolute atomic E-state index is 12.7. The monoisotopic (exact) mass is 369 g/mol. The van der Waals surface area contributed by atoms with Gasteiger partial charge in [-0.1, -0.05) is 19.1 Å². The molecule has 0 bridgehead atoms. The highest BCUT2D eigenvalue weighted by atomic mass is 16.6. The summed E-state index contributed by atoms with van der Waals surface area (Å²) in [7, 11) is 0. The summed E-state index contributed by atoms with van der Waals surface area (Å²) >= 11 is 0. The van der Waals surface area contributed by atoms with E-state index >= 15 is 0 Å². The number of carbonyl (C=O) groups excluding carboxylic acids is 1. The molecule has 0 saturated carbocycles. The first-order valence-corrected chi connectivity index (χ1v) is 9.41. The van der Waals surface area contributed by atoms with Crippen molar-refractivity contribution in [1.29, 1.82) is 0 Å².